The van der Waals surface area contributed by atoms with Crippen LogP contribution in [0.1, 0.15) is 251 Å². The van der Waals surface area contributed by atoms with Crippen molar-refractivity contribution in [2.45, 2.75) is 325 Å². The zero-order valence-corrected chi connectivity index (χ0v) is 43.8. The summed E-state index contributed by atoms with van der Waals surface area (Å²) in [4.78, 5) is 12.9. The summed E-state index contributed by atoms with van der Waals surface area (Å²) in [7, 11) is 0. The minimum absolute atomic E-state index is 0.221. The standard InChI is InChI=1S/C55H107NO13/c1-3-5-7-9-10-11-12-13-14-15-16-17-18-19-20-21-22-23-24-25-26-27-28-29-30-31-32-33-34-35-36-38-44(59)43(56-47(60)39-37-8-6-4-2)42-66-54-52(65)50(63)53(46(41-58)68-54)69-55-51(64)49(62)48(61)45(40-57)67-55/h43-46,48-55,57-59,61-65H,3-42H2,1-2H3,(H,56,60). The number of rotatable bonds is 46. The smallest absolute Gasteiger partial charge is 0.220 e. The number of hydrogen-bond acceptors (Lipinski definition) is 13. The quantitative estimate of drug-likeness (QED) is 0.0260. The predicted octanol–water partition coefficient (Wildman–Crippen LogP) is 8.95. The summed E-state index contributed by atoms with van der Waals surface area (Å²) in [5, 5.41) is 86.5. The van der Waals surface area contributed by atoms with E-state index in [1.807, 2.05) is 0 Å². The van der Waals surface area contributed by atoms with E-state index in [1.165, 1.54) is 173 Å². The second-order valence-electron chi connectivity index (χ2n) is 20.8. The number of nitrogens with one attached hydrogen (secondary N) is 1. The number of ether oxygens (including phenoxy) is 4. The first-order valence-corrected chi connectivity index (χ1v) is 28.8. The molecule has 0 aromatic carbocycles. The molecule has 14 heteroatoms. The van der Waals surface area contributed by atoms with E-state index in [4.69, 9.17) is 18.9 Å². The van der Waals surface area contributed by atoms with E-state index in [-0.39, 0.29) is 12.5 Å². The van der Waals surface area contributed by atoms with Crippen LogP contribution in [0.5, 0.6) is 0 Å². The van der Waals surface area contributed by atoms with Crippen LogP contribution in [0.3, 0.4) is 0 Å². The van der Waals surface area contributed by atoms with Crippen molar-refractivity contribution in [2.75, 3.05) is 19.8 Å². The second kappa shape index (κ2) is 42.4. The lowest BCUT2D eigenvalue weighted by molar-refractivity contribution is -0.359. The number of carbonyl (C=O) groups excluding carboxylic acids is 1. The van der Waals surface area contributed by atoms with Gasteiger partial charge in [0.1, 0.15) is 48.8 Å². The number of carbonyl (C=O) groups is 1. The van der Waals surface area contributed by atoms with E-state index in [0.717, 1.165) is 44.9 Å². The van der Waals surface area contributed by atoms with Gasteiger partial charge in [-0.3, -0.25) is 4.79 Å². The van der Waals surface area contributed by atoms with Gasteiger partial charge in [0.05, 0.1) is 32.0 Å². The van der Waals surface area contributed by atoms with Crippen LogP contribution in [0.25, 0.3) is 0 Å². The first kappa shape index (κ1) is 64.1. The molecule has 2 fully saturated rings. The van der Waals surface area contributed by atoms with Crippen LogP contribution in [0.4, 0.5) is 0 Å². The lowest BCUT2D eigenvalue weighted by atomic mass is 9.97. The maximum Gasteiger partial charge on any atom is 0.220 e. The predicted molar refractivity (Wildman–Crippen MR) is 272 cm³/mol. The van der Waals surface area contributed by atoms with Crippen LogP contribution in [-0.4, -0.2) is 140 Å². The van der Waals surface area contributed by atoms with Crippen molar-refractivity contribution < 1.29 is 64.6 Å². The third kappa shape index (κ3) is 28.9. The van der Waals surface area contributed by atoms with Crippen LogP contribution in [0, 0.1) is 0 Å². The molecule has 2 aliphatic rings. The molecule has 1 amide bonds. The lowest BCUT2D eigenvalue weighted by Gasteiger charge is -2.46. The Kier molecular flexibility index (Phi) is 39.4. The van der Waals surface area contributed by atoms with Crippen molar-refractivity contribution in [3.63, 3.8) is 0 Å². The molecule has 2 heterocycles. The maximum atomic E-state index is 12.9. The molecule has 410 valence electrons. The molecule has 0 aromatic heterocycles. The van der Waals surface area contributed by atoms with E-state index >= 15 is 0 Å². The Morgan fingerprint density at radius 1 is 0.464 bits per heavy atom. The van der Waals surface area contributed by atoms with Gasteiger partial charge in [0, 0.05) is 6.42 Å². The van der Waals surface area contributed by atoms with E-state index < -0.39 is 86.8 Å². The van der Waals surface area contributed by atoms with Crippen molar-refractivity contribution in [3.05, 3.63) is 0 Å². The number of aliphatic hydroxyl groups is 8. The summed E-state index contributed by atoms with van der Waals surface area (Å²) in [6, 6.07) is -0.819. The summed E-state index contributed by atoms with van der Waals surface area (Å²) < 4.78 is 22.6. The zero-order valence-electron chi connectivity index (χ0n) is 43.8. The van der Waals surface area contributed by atoms with Crippen molar-refractivity contribution in [2.24, 2.45) is 0 Å². The van der Waals surface area contributed by atoms with Crippen molar-refractivity contribution >= 4 is 5.91 Å². The number of aliphatic hydroxyl groups excluding tert-OH is 8. The molecule has 14 nitrogen and oxygen atoms in total. The molecule has 0 saturated carbocycles. The average molecular weight is 990 g/mol. The summed E-state index contributed by atoms with van der Waals surface area (Å²) in [6.07, 6.45) is 29.4. The number of amides is 1. The summed E-state index contributed by atoms with van der Waals surface area (Å²) in [5.74, 6) is -0.221. The molecule has 0 aliphatic carbocycles. The molecule has 0 bridgehead atoms. The first-order valence-electron chi connectivity index (χ1n) is 28.8. The molecule has 2 aliphatic heterocycles. The van der Waals surface area contributed by atoms with E-state index in [0.29, 0.717) is 19.3 Å². The minimum Gasteiger partial charge on any atom is -0.394 e. The van der Waals surface area contributed by atoms with Crippen LogP contribution in [0.15, 0.2) is 0 Å². The monoisotopic (exact) mass is 990 g/mol. The fourth-order valence-corrected chi connectivity index (χ4v) is 9.89. The summed E-state index contributed by atoms with van der Waals surface area (Å²) in [6.45, 7) is 2.74. The van der Waals surface area contributed by atoms with Gasteiger partial charge < -0.3 is 65.1 Å². The van der Waals surface area contributed by atoms with Crippen LogP contribution in [0.2, 0.25) is 0 Å². The highest BCUT2D eigenvalue weighted by atomic mass is 16.7. The van der Waals surface area contributed by atoms with Crippen LogP contribution < -0.4 is 5.32 Å². The van der Waals surface area contributed by atoms with Gasteiger partial charge in [-0.2, -0.15) is 0 Å². The van der Waals surface area contributed by atoms with Gasteiger partial charge in [0.2, 0.25) is 5.91 Å². The fourth-order valence-electron chi connectivity index (χ4n) is 9.89. The van der Waals surface area contributed by atoms with Gasteiger partial charge in [0.25, 0.3) is 0 Å². The third-order valence-corrected chi connectivity index (χ3v) is 14.6. The molecule has 0 spiro atoms. The van der Waals surface area contributed by atoms with Crippen molar-refractivity contribution in [1.29, 1.82) is 0 Å². The normalized spacial score (nSPS) is 26.1. The van der Waals surface area contributed by atoms with Crippen molar-refractivity contribution in [1.82, 2.24) is 5.32 Å². The largest absolute Gasteiger partial charge is 0.394 e. The Morgan fingerprint density at radius 3 is 1.23 bits per heavy atom. The zero-order chi connectivity index (χ0) is 50.3. The van der Waals surface area contributed by atoms with Crippen LogP contribution >= 0.6 is 0 Å². The average Bonchev–Trinajstić information content (AvgIpc) is 3.35. The topological polar surface area (TPSA) is 228 Å². The minimum atomic E-state index is -1.78. The molecule has 9 N–H and O–H groups in total. The molecule has 69 heavy (non-hydrogen) atoms. The van der Waals surface area contributed by atoms with E-state index in [2.05, 4.69) is 19.2 Å². The van der Waals surface area contributed by atoms with Gasteiger partial charge in [0.15, 0.2) is 12.6 Å². The first-order chi connectivity index (χ1) is 33.6. The van der Waals surface area contributed by atoms with Gasteiger partial charge in [-0.25, -0.2) is 0 Å². The Labute approximate surface area is 419 Å². The van der Waals surface area contributed by atoms with Gasteiger partial charge in [-0.15, -0.1) is 0 Å². The molecule has 0 radical (unpaired) electrons. The Balaban J connectivity index is 1.54. The maximum absolute atomic E-state index is 12.9. The van der Waals surface area contributed by atoms with Crippen molar-refractivity contribution in [3.8, 4) is 0 Å². The Hall–Kier alpha value is -1.01. The van der Waals surface area contributed by atoms with Gasteiger partial charge >= 0.3 is 0 Å². The fraction of sp³-hybridized carbons (Fsp3) is 0.982. The highest BCUT2D eigenvalue weighted by molar-refractivity contribution is 5.76. The molecule has 12 unspecified atom stereocenters. The molecule has 2 rings (SSSR count). The molecule has 2 saturated heterocycles. The Bertz CT molecular complexity index is 1170. The highest BCUT2D eigenvalue weighted by Gasteiger charge is 2.51. The highest BCUT2D eigenvalue weighted by Crippen LogP contribution is 2.30. The number of unbranched alkanes of at least 4 members (excludes halogenated alkanes) is 33. The lowest BCUT2D eigenvalue weighted by Crippen LogP contribution is -2.65. The molecular weight excluding hydrogens is 883 g/mol. The molecule has 12 atom stereocenters. The van der Waals surface area contributed by atoms with E-state index in [1.54, 1.807) is 0 Å². The number of hydrogen-bond donors (Lipinski definition) is 9. The summed E-state index contributed by atoms with van der Waals surface area (Å²) in [5.41, 5.74) is 0. The third-order valence-electron chi connectivity index (χ3n) is 14.6. The molecular formula is C55H107NO13. The SMILES string of the molecule is CCCCCCCCCCCCCCCCCCCCCCCCCCCCCCCCCC(O)C(COC1OC(CO)C(OC2OC(CO)C(O)C(O)C2O)C(O)C1O)NC(=O)CCCCCC. The van der Waals surface area contributed by atoms with Gasteiger partial charge in [-0.1, -0.05) is 232 Å². The van der Waals surface area contributed by atoms with Gasteiger partial charge in [-0.05, 0) is 12.8 Å². The second-order valence-corrected chi connectivity index (χ2v) is 20.8. The summed E-state index contributed by atoms with van der Waals surface area (Å²) >= 11 is 0. The Morgan fingerprint density at radius 2 is 0.826 bits per heavy atom. The van der Waals surface area contributed by atoms with Crippen LogP contribution in [-0.2, 0) is 23.7 Å². The molecule has 0 aromatic rings. The van der Waals surface area contributed by atoms with E-state index in [9.17, 15) is 45.6 Å².